The van der Waals surface area contributed by atoms with Crippen LogP contribution < -0.4 is 5.73 Å². The van der Waals surface area contributed by atoms with Crippen LogP contribution >= 0.6 is 0 Å². The van der Waals surface area contributed by atoms with E-state index in [1.54, 1.807) is 6.08 Å². The number of ketones is 2. The highest BCUT2D eigenvalue weighted by Gasteiger charge is 2.60. The molecule has 31 heavy (non-hydrogen) atoms. The molecule has 0 bridgehead atoms. The van der Waals surface area contributed by atoms with Crippen molar-refractivity contribution in [3.8, 4) is 0 Å². The van der Waals surface area contributed by atoms with Gasteiger partial charge in [-0.3, -0.25) is 9.59 Å². The van der Waals surface area contributed by atoms with Crippen molar-refractivity contribution in [3.05, 3.63) is 53.6 Å². The molecule has 0 amide bonds. The highest BCUT2D eigenvalue weighted by atomic mass is 16.1. The highest BCUT2D eigenvalue weighted by Crippen LogP contribution is 2.65. The van der Waals surface area contributed by atoms with E-state index in [4.69, 9.17) is 5.73 Å². The number of nitrogens with two attached hydrogens (primary N) is 1. The molecule has 0 unspecified atom stereocenters. The second-order valence-corrected chi connectivity index (χ2v) is 11.0. The Morgan fingerprint density at radius 2 is 1.84 bits per heavy atom. The number of rotatable bonds is 4. The van der Waals surface area contributed by atoms with Crippen LogP contribution in [0.3, 0.4) is 0 Å². The summed E-state index contributed by atoms with van der Waals surface area (Å²) in [6.07, 6.45) is 14.2. The zero-order valence-electron chi connectivity index (χ0n) is 18.9. The van der Waals surface area contributed by atoms with Crippen LogP contribution in [0.25, 0.3) is 0 Å². The Balaban J connectivity index is 1.42. The van der Waals surface area contributed by atoms with Gasteiger partial charge in [0.1, 0.15) is 5.78 Å². The quantitative estimate of drug-likeness (QED) is 0.640. The van der Waals surface area contributed by atoms with Gasteiger partial charge in [-0.25, -0.2) is 0 Å². The molecule has 6 atom stereocenters. The SMILES string of the molecule is C[C@]12C=CC(=O)C=C1C[C@@H](CCCc1ccc(N)cc1)[C@@H]1[C@@H]2CC[C@]2(C)C(=O)CC[C@@H]12. The van der Waals surface area contributed by atoms with Gasteiger partial charge < -0.3 is 5.73 Å². The molecule has 0 saturated heterocycles. The molecular formula is C28H35NO2. The van der Waals surface area contributed by atoms with Crippen molar-refractivity contribution in [2.45, 2.75) is 65.2 Å². The first kappa shape index (κ1) is 20.7. The Kier molecular flexibility index (Phi) is 4.99. The minimum absolute atomic E-state index is 0.0149. The summed E-state index contributed by atoms with van der Waals surface area (Å²) in [7, 11) is 0. The van der Waals surface area contributed by atoms with Crippen LogP contribution in [0.1, 0.15) is 64.4 Å². The molecule has 0 radical (unpaired) electrons. The number of carbonyl (C=O) groups is 2. The van der Waals surface area contributed by atoms with Crippen LogP contribution in [-0.2, 0) is 16.0 Å². The van der Waals surface area contributed by atoms with E-state index in [0.717, 1.165) is 57.1 Å². The summed E-state index contributed by atoms with van der Waals surface area (Å²) in [5.74, 6) is 2.83. The predicted octanol–water partition coefficient (Wildman–Crippen LogP) is 5.69. The second-order valence-electron chi connectivity index (χ2n) is 11.0. The molecular weight excluding hydrogens is 382 g/mol. The van der Waals surface area contributed by atoms with Gasteiger partial charge in [0.25, 0.3) is 0 Å². The normalized spacial score (nSPS) is 39.0. The summed E-state index contributed by atoms with van der Waals surface area (Å²) in [5.41, 5.74) is 9.19. The average Bonchev–Trinajstić information content (AvgIpc) is 3.05. The second kappa shape index (κ2) is 7.46. The standard InChI is InChI=1S/C28H35NO2/c1-27-14-12-22(30)17-20(27)16-19(5-3-4-18-6-8-21(29)9-7-18)26-23-10-11-25(31)28(23,2)15-13-24(26)27/h6-9,12,14,17,19,23-24,26H,3-5,10-11,13,15-16,29H2,1-2H3/t19-,23+,24+,26+,27+,28+/m1/s1. The first-order valence-electron chi connectivity index (χ1n) is 12.1. The Morgan fingerprint density at radius 3 is 2.61 bits per heavy atom. The lowest BCUT2D eigenvalue weighted by molar-refractivity contribution is -0.133. The van der Waals surface area contributed by atoms with Gasteiger partial charge >= 0.3 is 0 Å². The van der Waals surface area contributed by atoms with Crippen LogP contribution in [0.4, 0.5) is 5.69 Å². The fourth-order valence-corrected chi connectivity index (χ4v) is 7.67. The van der Waals surface area contributed by atoms with Gasteiger partial charge in [0.2, 0.25) is 0 Å². The van der Waals surface area contributed by atoms with E-state index in [9.17, 15) is 9.59 Å². The number of aryl methyl sites for hydroxylation is 1. The molecule has 5 rings (SSSR count). The summed E-state index contributed by atoms with van der Waals surface area (Å²) in [6.45, 7) is 4.60. The van der Waals surface area contributed by atoms with Crippen LogP contribution in [0.15, 0.2) is 48.1 Å². The van der Waals surface area contributed by atoms with E-state index in [0.29, 0.717) is 29.5 Å². The van der Waals surface area contributed by atoms with Gasteiger partial charge in [0, 0.05) is 22.9 Å². The fourth-order valence-electron chi connectivity index (χ4n) is 7.67. The molecule has 1 aromatic carbocycles. The average molecular weight is 418 g/mol. The number of nitrogen functional groups attached to an aromatic ring is 1. The number of fused-ring (bicyclic) bond motifs is 5. The minimum atomic E-state index is -0.123. The zero-order chi connectivity index (χ0) is 21.8. The van der Waals surface area contributed by atoms with E-state index in [1.807, 2.05) is 18.2 Å². The molecule has 1 aromatic rings. The first-order valence-corrected chi connectivity index (χ1v) is 12.1. The number of hydrogen-bond acceptors (Lipinski definition) is 3. The Labute approximate surface area is 186 Å². The van der Waals surface area contributed by atoms with Gasteiger partial charge in [-0.2, -0.15) is 0 Å². The van der Waals surface area contributed by atoms with Crippen LogP contribution in [-0.4, -0.2) is 11.6 Å². The van der Waals surface area contributed by atoms with Gasteiger partial charge in [-0.1, -0.05) is 37.6 Å². The van der Waals surface area contributed by atoms with Gasteiger partial charge in [0.05, 0.1) is 0 Å². The van der Waals surface area contributed by atoms with Crippen LogP contribution in [0.5, 0.6) is 0 Å². The van der Waals surface area contributed by atoms with E-state index in [2.05, 4.69) is 32.1 Å². The molecule has 2 N–H and O–H groups in total. The maximum atomic E-state index is 12.9. The zero-order valence-corrected chi connectivity index (χ0v) is 18.9. The lowest BCUT2D eigenvalue weighted by Crippen LogP contribution is -2.53. The number of Topliss-reactive ketones (excluding diaryl/α,β-unsaturated/α-hetero) is 1. The molecule has 3 fully saturated rings. The summed E-state index contributed by atoms with van der Waals surface area (Å²) in [6, 6.07) is 8.24. The molecule has 164 valence electrons. The third kappa shape index (κ3) is 3.32. The molecule has 3 nitrogen and oxygen atoms in total. The fraction of sp³-hybridized carbons (Fsp3) is 0.571. The van der Waals surface area contributed by atoms with E-state index in [-0.39, 0.29) is 16.6 Å². The van der Waals surface area contributed by atoms with Crippen molar-refractivity contribution in [3.63, 3.8) is 0 Å². The van der Waals surface area contributed by atoms with Crippen molar-refractivity contribution in [2.24, 2.45) is 34.5 Å². The lowest BCUT2D eigenvalue weighted by atomic mass is 9.45. The Bertz CT molecular complexity index is 958. The molecule has 0 heterocycles. The molecule has 4 aliphatic rings. The van der Waals surface area contributed by atoms with Crippen LogP contribution in [0, 0.1) is 34.5 Å². The van der Waals surface area contributed by atoms with Crippen molar-refractivity contribution < 1.29 is 9.59 Å². The maximum absolute atomic E-state index is 12.9. The van der Waals surface area contributed by atoms with Crippen molar-refractivity contribution in [1.29, 1.82) is 0 Å². The van der Waals surface area contributed by atoms with E-state index in [1.165, 1.54) is 11.1 Å². The molecule has 0 aromatic heterocycles. The summed E-state index contributed by atoms with van der Waals surface area (Å²) in [5, 5.41) is 0. The largest absolute Gasteiger partial charge is 0.399 e. The number of hydrogen-bond donors (Lipinski definition) is 1. The van der Waals surface area contributed by atoms with Crippen LogP contribution in [0.2, 0.25) is 0 Å². The maximum Gasteiger partial charge on any atom is 0.178 e. The number of benzene rings is 1. The number of allylic oxidation sites excluding steroid dienone is 4. The first-order chi connectivity index (χ1) is 14.8. The predicted molar refractivity (Wildman–Crippen MR) is 124 cm³/mol. The summed E-state index contributed by atoms with van der Waals surface area (Å²) >= 11 is 0. The lowest BCUT2D eigenvalue weighted by Gasteiger charge is -2.58. The highest BCUT2D eigenvalue weighted by molar-refractivity contribution is 6.01. The van der Waals surface area contributed by atoms with E-state index >= 15 is 0 Å². The van der Waals surface area contributed by atoms with Gasteiger partial charge in [-0.15, -0.1) is 0 Å². The molecule has 0 aliphatic heterocycles. The van der Waals surface area contributed by atoms with Crippen molar-refractivity contribution in [1.82, 2.24) is 0 Å². The molecule has 0 spiro atoms. The smallest absolute Gasteiger partial charge is 0.178 e. The van der Waals surface area contributed by atoms with Crippen molar-refractivity contribution in [2.75, 3.05) is 5.73 Å². The number of anilines is 1. The summed E-state index contributed by atoms with van der Waals surface area (Å²) < 4.78 is 0. The Morgan fingerprint density at radius 1 is 1.06 bits per heavy atom. The summed E-state index contributed by atoms with van der Waals surface area (Å²) in [4.78, 5) is 25.1. The molecule has 3 heteroatoms. The minimum Gasteiger partial charge on any atom is -0.399 e. The van der Waals surface area contributed by atoms with Gasteiger partial charge in [-0.05, 0) is 98.5 Å². The number of carbonyl (C=O) groups excluding carboxylic acids is 2. The van der Waals surface area contributed by atoms with Crippen molar-refractivity contribution >= 4 is 17.3 Å². The molecule has 4 aliphatic carbocycles. The monoisotopic (exact) mass is 417 g/mol. The Hall–Kier alpha value is -2.16. The third-order valence-corrected chi connectivity index (χ3v) is 9.46. The third-order valence-electron chi connectivity index (χ3n) is 9.46. The van der Waals surface area contributed by atoms with E-state index < -0.39 is 0 Å². The molecule has 3 saturated carbocycles. The van der Waals surface area contributed by atoms with Gasteiger partial charge in [0.15, 0.2) is 5.78 Å². The topological polar surface area (TPSA) is 60.2 Å².